The number of carboxylic acid groups (broad SMARTS) is 1. The van der Waals surface area contributed by atoms with Gasteiger partial charge in [0.25, 0.3) is 0 Å². The molecule has 0 bridgehead atoms. The summed E-state index contributed by atoms with van der Waals surface area (Å²) in [7, 11) is 0. The van der Waals surface area contributed by atoms with Crippen LogP contribution >= 0.6 is 0 Å². The molecule has 5 nitrogen and oxygen atoms in total. The summed E-state index contributed by atoms with van der Waals surface area (Å²) in [5.41, 5.74) is 1.50. The van der Waals surface area contributed by atoms with Crippen molar-refractivity contribution in [2.45, 2.75) is 52.5 Å². The molecule has 1 amide bonds. The topological polar surface area (TPSA) is 62.5 Å². The Morgan fingerprint density at radius 1 is 1.07 bits per heavy atom. The minimum atomic E-state index is -1.02. The molecule has 0 radical (unpaired) electrons. The summed E-state index contributed by atoms with van der Waals surface area (Å²) < 4.78 is 1.78. The average molecular weight is 368 g/mol. The van der Waals surface area contributed by atoms with E-state index in [2.05, 4.69) is 6.92 Å². The van der Waals surface area contributed by atoms with Crippen LogP contribution in [0.2, 0.25) is 0 Å². The van der Waals surface area contributed by atoms with Crippen LogP contribution in [0.5, 0.6) is 0 Å². The van der Waals surface area contributed by atoms with Gasteiger partial charge in [-0.2, -0.15) is 0 Å². The molecule has 1 heterocycles. The fourth-order valence-electron chi connectivity index (χ4n) is 3.90. The van der Waals surface area contributed by atoms with E-state index in [9.17, 15) is 14.7 Å². The number of carbonyl (C=O) groups excluding carboxylic acids is 1. The van der Waals surface area contributed by atoms with E-state index in [4.69, 9.17) is 0 Å². The molecule has 0 atom stereocenters. The first kappa shape index (κ1) is 19.2. The molecule has 0 spiro atoms. The maximum absolute atomic E-state index is 13.3. The lowest BCUT2D eigenvalue weighted by Crippen LogP contribution is -2.42. The highest BCUT2D eigenvalue weighted by atomic mass is 16.4. The third-order valence-electron chi connectivity index (χ3n) is 5.47. The summed E-state index contributed by atoms with van der Waals surface area (Å²) in [5, 5.41) is 9.73. The lowest BCUT2D eigenvalue weighted by Gasteiger charge is -2.33. The van der Waals surface area contributed by atoms with Crippen LogP contribution in [-0.2, 0) is 4.79 Å². The van der Waals surface area contributed by atoms with Gasteiger partial charge in [0.15, 0.2) is 0 Å². The smallest absolute Gasteiger partial charge is 0.339 e. The molecule has 1 fully saturated rings. The zero-order valence-corrected chi connectivity index (χ0v) is 16.3. The standard InChI is InChI=1S/C22H28N2O3/c1-15(2)24(21(25)17-11-9-16(3)10-12-17)20-14-23(13-19(20)22(26)27)18-7-5-4-6-8-18/h4-8,13-17H,9-12H2,1-3H3,(H,26,27). The number of nitrogens with zero attached hydrogens (tertiary/aromatic N) is 2. The van der Waals surface area contributed by atoms with E-state index in [0.717, 1.165) is 31.4 Å². The predicted octanol–water partition coefficient (Wildman–Crippen LogP) is 4.74. The maximum Gasteiger partial charge on any atom is 0.339 e. The van der Waals surface area contributed by atoms with E-state index in [1.54, 1.807) is 21.9 Å². The normalized spacial score (nSPS) is 19.9. The molecule has 3 rings (SSSR count). The SMILES string of the molecule is CC1CCC(C(=O)N(c2cn(-c3ccccc3)cc2C(=O)O)C(C)C)CC1. The van der Waals surface area contributed by atoms with Gasteiger partial charge < -0.3 is 14.6 Å². The van der Waals surface area contributed by atoms with Crippen molar-refractivity contribution in [3.8, 4) is 5.69 Å². The van der Waals surface area contributed by atoms with E-state index >= 15 is 0 Å². The Hall–Kier alpha value is -2.56. The van der Waals surface area contributed by atoms with Crippen LogP contribution < -0.4 is 4.90 Å². The second-order valence-electron chi connectivity index (χ2n) is 7.86. The van der Waals surface area contributed by atoms with Crippen molar-refractivity contribution in [1.82, 2.24) is 4.57 Å². The summed E-state index contributed by atoms with van der Waals surface area (Å²) in [5.74, 6) is -0.332. The van der Waals surface area contributed by atoms with Crippen molar-refractivity contribution >= 4 is 17.6 Å². The molecule has 1 saturated carbocycles. The van der Waals surface area contributed by atoms with E-state index in [-0.39, 0.29) is 23.4 Å². The minimum Gasteiger partial charge on any atom is -0.478 e. The second kappa shape index (κ2) is 7.99. The van der Waals surface area contributed by atoms with Gasteiger partial charge in [0.2, 0.25) is 5.91 Å². The average Bonchev–Trinajstić information content (AvgIpc) is 3.08. The van der Waals surface area contributed by atoms with E-state index in [1.807, 2.05) is 44.2 Å². The van der Waals surface area contributed by atoms with Gasteiger partial charge >= 0.3 is 5.97 Å². The lowest BCUT2D eigenvalue weighted by atomic mass is 9.82. The summed E-state index contributed by atoms with van der Waals surface area (Å²) in [6.07, 6.45) is 7.23. The van der Waals surface area contributed by atoms with Crippen LogP contribution in [0.3, 0.4) is 0 Å². The number of amides is 1. The molecule has 0 saturated heterocycles. The maximum atomic E-state index is 13.3. The minimum absolute atomic E-state index is 0.0229. The fourth-order valence-corrected chi connectivity index (χ4v) is 3.90. The molecule has 1 aromatic carbocycles. The Morgan fingerprint density at radius 2 is 1.70 bits per heavy atom. The summed E-state index contributed by atoms with van der Waals surface area (Å²) >= 11 is 0. The van der Waals surface area contributed by atoms with Crippen LogP contribution in [-0.4, -0.2) is 27.6 Å². The summed E-state index contributed by atoms with van der Waals surface area (Å²) in [6, 6.07) is 9.45. The van der Waals surface area contributed by atoms with Crippen LogP contribution in [0, 0.1) is 11.8 Å². The third kappa shape index (κ3) is 4.07. The number of aromatic carboxylic acids is 1. The number of benzene rings is 1. The number of para-hydroxylation sites is 1. The van der Waals surface area contributed by atoms with Crippen molar-refractivity contribution < 1.29 is 14.7 Å². The lowest BCUT2D eigenvalue weighted by molar-refractivity contribution is -0.123. The van der Waals surface area contributed by atoms with Crippen LogP contribution in [0.4, 0.5) is 5.69 Å². The van der Waals surface area contributed by atoms with E-state index in [1.165, 1.54) is 0 Å². The highest BCUT2D eigenvalue weighted by Crippen LogP contribution is 2.33. The Balaban J connectivity index is 1.98. The Labute approximate surface area is 160 Å². The highest BCUT2D eigenvalue weighted by Gasteiger charge is 2.33. The molecule has 5 heteroatoms. The van der Waals surface area contributed by atoms with Gasteiger partial charge in [0.1, 0.15) is 5.56 Å². The number of carboxylic acids is 1. The monoisotopic (exact) mass is 368 g/mol. The van der Waals surface area contributed by atoms with Crippen LogP contribution in [0.1, 0.15) is 56.8 Å². The number of aromatic nitrogens is 1. The van der Waals surface area contributed by atoms with Crippen molar-refractivity contribution in [3.05, 3.63) is 48.3 Å². The predicted molar refractivity (Wildman–Crippen MR) is 106 cm³/mol. The quantitative estimate of drug-likeness (QED) is 0.829. The van der Waals surface area contributed by atoms with Crippen molar-refractivity contribution in [2.24, 2.45) is 11.8 Å². The molecule has 1 aromatic heterocycles. The van der Waals surface area contributed by atoms with Gasteiger partial charge in [0, 0.05) is 30.0 Å². The molecule has 144 valence electrons. The van der Waals surface area contributed by atoms with Gasteiger partial charge in [-0.15, -0.1) is 0 Å². The Kier molecular flexibility index (Phi) is 5.68. The fraction of sp³-hybridized carbons (Fsp3) is 0.455. The van der Waals surface area contributed by atoms with Gasteiger partial charge in [-0.1, -0.05) is 25.1 Å². The number of hydrogen-bond acceptors (Lipinski definition) is 2. The zero-order valence-electron chi connectivity index (χ0n) is 16.3. The van der Waals surface area contributed by atoms with Crippen LogP contribution in [0.15, 0.2) is 42.7 Å². The van der Waals surface area contributed by atoms with Gasteiger partial charge in [-0.05, 0) is 57.6 Å². The highest BCUT2D eigenvalue weighted by molar-refractivity contribution is 6.03. The first-order valence-corrected chi connectivity index (χ1v) is 9.72. The molecular weight excluding hydrogens is 340 g/mol. The molecule has 2 aromatic rings. The first-order chi connectivity index (χ1) is 12.9. The van der Waals surface area contributed by atoms with Crippen molar-refractivity contribution in [1.29, 1.82) is 0 Å². The molecule has 1 N–H and O–H groups in total. The molecule has 27 heavy (non-hydrogen) atoms. The summed E-state index contributed by atoms with van der Waals surface area (Å²) in [4.78, 5) is 26.9. The Bertz CT molecular complexity index is 802. The van der Waals surface area contributed by atoms with Crippen LogP contribution in [0.25, 0.3) is 5.69 Å². The molecule has 0 unspecified atom stereocenters. The van der Waals surface area contributed by atoms with E-state index < -0.39 is 5.97 Å². The third-order valence-corrected chi connectivity index (χ3v) is 5.47. The van der Waals surface area contributed by atoms with Crippen molar-refractivity contribution in [3.63, 3.8) is 0 Å². The first-order valence-electron chi connectivity index (χ1n) is 9.72. The molecule has 0 aliphatic heterocycles. The number of rotatable bonds is 5. The number of anilines is 1. The van der Waals surface area contributed by atoms with E-state index in [0.29, 0.717) is 11.6 Å². The summed E-state index contributed by atoms with van der Waals surface area (Å²) in [6.45, 7) is 6.10. The van der Waals surface area contributed by atoms with Gasteiger partial charge in [-0.25, -0.2) is 4.79 Å². The number of hydrogen-bond donors (Lipinski definition) is 1. The molecule has 1 aliphatic carbocycles. The van der Waals surface area contributed by atoms with Gasteiger partial charge in [-0.3, -0.25) is 4.79 Å². The van der Waals surface area contributed by atoms with Gasteiger partial charge in [0.05, 0.1) is 5.69 Å². The molecular formula is C22H28N2O3. The number of carbonyl (C=O) groups is 2. The largest absolute Gasteiger partial charge is 0.478 e. The van der Waals surface area contributed by atoms with Crippen molar-refractivity contribution in [2.75, 3.05) is 4.90 Å². The second-order valence-corrected chi connectivity index (χ2v) is 7.86. The zero-order chi connectivity index (χ0) is 19.6. The molecule has 1 aliphatic rings. The Morgan fingerprint density at radius 3 is 2.26 bits per heavy atom.